The minimum absolute atomic E-state index is 0.518. The van der Waals surface area contributed by atoms with Crippen LogP contribution in [0.5, 0.6) is 0 Å². The highest BCUT2D eigenvalue weighted by molar-refractivity contribution is 5.63. The standard InChI is InChI=1S/C17H18.CH2O/c1-14(16-9-5-3-6-10-16)13-15(2)17-11-7-4-8-12-17;1-2/h3-12,15H,1,13H2,2H3;1H2. The summed E-state index contributed by atoms with van der Waals surface area (Å²) in [6.07, 6.45) is 1.01. The van der Waals surface area contributed by atoms with Gasteiger partial charge in [-0.3, -0.25) is 0 Å². The van der Waals surface area contributed by atoms with Gasteiger partial charge in [-0.2, -0.15) is 0 Å². The van der Waals surface area contributed by atoms with Crippen LogP contribution in [0.1, 0.15) is 30.4 Å². The molecule has 0 fully saturated rings. The van der Waals surface area contributed by atoms with E-state index in [0.29, 0.717) is 5.92 Å². The van der Waals surface area contributed by atoms with Crippen LogP contribution in [0.15, 0.2) is 67.2 Å². The zero-order valence-electron chi connectivity index (χ0n) is 11.4. The van der Waals surface area contributed by atoms with Crippen molar-refractivity contribution in [3.63, 3.8) is 0 Å². The minimum atomic E-state index is 0.518. The summed E-state index contributed by atoms with van der Waals surface area (Å²) < 4.78 is 0. The number of carbonyl (C=O) groups excluding carboxylic acids is 1. The Morgan fingerprint density at radius 2 is 1.42 bits per heavy atom. The SMILES string of the molecule is C=C(CC(C)c1ccccc1)c1ccccc1.C=O. The summed E-state index contributed by atoms with van der Waals surface area (Å²) in [6.45, 7) is 8.44. The third-order valence-electron chi connectivity index (χ3n) is 3.10. The second-order valence-corrected chi connectivity index (χ2v) is 4.49. The van der Waals surface area contributed by atoms with Gasteiger partial charge < -0.3 is 4.79 Å². The van der Waals surface area contributed by atoms with E-state index in [1.165, 1.54) is 16.7 Å². The summed E-state index contributed by atoms with van der Waals surface area (Å²) in [4.78, 5) is 8.00. The van der Waals surface area contributed by atoms with Crippen LogP contribution in [-0.2, 0) is 4.79 Å². The Kier molecular flexibility index (Phi) is 6.31. The summed E-state index contributed by atoms with van der Waals surface area (Å²) in [6, 6.07) is 21.0. The molecule has 0 aliphatic heterocycles. The number of carbonyl (C=O) groups is 1. The third-order valence-corrected chi connectivity index (χ3v) is 3.10. The zero-order valence-corrected chi connectivity index (χ0v) is 11.4. The Hall–Kier alpha value is -2.15. The lowest BCUT2D eigenvalue weighted by Gasteiger charge is -2.13. The molecule has 19 heavy (non-hydrogen) atoms. The van der Waals surface area contributed by atoms with Gasteiger partial charge in [0, 0.05) is 0 Å². The van der Waals surface area contributed by atoms with Gasteiger partial charge in [-0.25, -0.2) is 0 Å². The average Bonchev–Trinajstić information content (AvgIpc) is 2.51. The Morgan fingerprint density at radius 1 is 0.947 bits per heavy atom. The molecule has 0 aromatic heterocycles. The van der Waals surface area contributed by atoms with Crippen molar-refractivity contribution in [1.29, 1.82) is 0 Å². The van der Waals surface area contributed by atoms with Gasteiger partial charge in [0.2, 0.25) is 0 Å². The van der Waals surface area contributed by atoms with Crippen LogP contribution in [0.4, 0.5) is 0 Å². The minimum Gasteiger partial charge on any atom is -0.307 e. The summed E-state index contributed by atoms with van der Waals surface area (Å²) in [5, 5.41) is 0. The average molecular weight is 252 g/mol. The molecule has 2 aromatic carbocycles. The van der Waals surface area contributed by atoms with Crippen molar-refractivity contribution in [2.45, 2.75) is 19.3 Å². The number of hydrogen-bond acceptors (Lipinski definition) is 1. The monoisotopic (exact) mass is 252 g/mol. The first-order valence-electron chi connectivity index (χ1n) is 6.34. The second kappa shape index (κ2) is 8.04. The molecule has 1 atom stereocenters. The van der Waals surface area contributed by atoms with Crippen molar-refractivity contribution in [2.75, 3.05) is 0 Å². The van der Waals surface area contributed by atoms with E-state index in [2.05, 4.69) is 68.1 Å². The maximum atomic E-state index is 8.00. The molecule has 1 unspecified atom stereocenters. The highest BCUT2D eigenvalue weighted by Crippen LogP contribution is 2.27. The molecule has 0 aliphatic rings. The summed E-state index contributed by atoms with van der Waals surface area (Å²) in [5.41, 5.74) is 3.84. The van der Waals surface area contributed by atoms with Crippen molar-refractivity contribution < 1.29 is 4.79 Å². The normalized spacial score (nSPS) is 11.0. The highest BCUT2D eigenvalue weighted by atomic mass is 16.1. The molecule has 2 aromatic rings. The van der Waals surface area contributed by atoms with Gasteiger partial charge >= 0.3 is 0 Å². The fraction of sp³-hybridized carbons (Fsp3) is 0.167. The van der Waals surface area contributed by atoms with E-state index < -0.39 is 0 Å². The third kappa shape index (κ3) is 4.55. The second-order valence-electron chi connectivity index (χ2n) is 4.49. The lowest BCUT2D eigenvalue weighted by molar-refractivity contribution is -0.0979. The first-order valence-corrected chi connectivity index (χ1v) is 6.34. The van der Waals surface area contributed by atoms with Crippen LogP contribution in [-0.4, -0.2) is 6.79 Å². The summed E-state index contributed by atoms with van der Waals surface area (Å²) in [7, 11) is 0. The molecule has 0 heterocycles. The van der Waals surface area contributed by atoms with Crippen molar-refractivity contribution in [3.8, 4) is 0 Å². The molecule has 0 bridgehead atoms. The first-order chi connectivity index (χ1) is 9.27. The molecule has 0 spiro atoms. The van der Waals surface area contributed by atoms with E-state index in [1.54, 1.807) is 0 Å². The maximum absolute atomic E-state index is 8.00. The zero-order chi connectivity index (χ0) is 14.1. The van der Waals surface area contributed by atoms with Gasteiger partial charge in [0.15, 0.2) is 0 Å². The molecule has 0 amide bonds. The number of allylic oxidation sites excluding steroid dienone is 1. The van der Waals surface area contributed by atoms with E-state index in [0.717, 1.165) is 6.42 Å². The van der Waals surface area contributed by atoms with Crippen LogP contribution in [0.25, 0.3) is 5.57 Å². The van der Waals surface area contributed by atoms with Gasteiger partial charge in [-0.05, 0) is 29.0 Å². The van der Waals surface area contributed by atoms with Gasteiger partial charge in [0.1, 0.15) is 6.79 Å². The fourth-order valence-corrected chi connectivity index (χ4v) is 2.06. The lowest BCUT2D eigenvalue weighted by Crippen LogP contribution is -1.94. The van der Waals surface area contributed by atoms with E-state index >= 15 is 0 Å². The maximum Gasteiger partial charge on any atom is 0.106 e. The molecular formula is C18H20O. The predicted octanol–water partition coefficient (Wildman–Crippen LogP) is 4.71. The molecule has 2 rings (SSSR count). The number of benzene rings is 2. The number of hydrogen-bond donors (Lipinski definition) is 0. The van der Waals surface area contributed by atoms with Crippen molar-refractivity contribution in [3.05, 3.63) is 78.4 Å². The smallest absolute Gasteiger partial charge is 0.106 e. The van der Waals surface area contributed by atoms with E-state index in [4.69, 9.17) is 4.79 Å². The fourth-order valence-electron chi connectivity index (χ4n) is 2.06. The van der Waals surface area contributed by atoms with Crippen molar-refractivity contribution in [2.24, 2.45) is 0 Å². The summed E-state index contributed by atoms with van der Waals surface area (Å²) >= 11 is 0. The van der Waals surface area contributed by atoms with Crippen LogP contribution in [0.3, 0.4) is 0 Å². The van der Waals surface area contributed by atoms with Crippen molar-refractivity contribution in [1.82, 2.24) is 0 Å². The van der Waals surface area contributed by atoms with Gasteiger partial charge in [0.05, 0.1) is 0 Å². The quantitative estimate of drug-likeness (QED) is 0.770. The molecule has 0 aliphatic carbocycles. The lowest BCUT2D eigenvalue weighted by atomic mass is 9.91. The molecule has 0 N–H and O–H groups in total. The first kappa shape index (κ1) is 14.9. The van der Waals surface area contributed by atoms with Gasteiger partial charge in [-0.15, -0.1) is 0 Å². The van der Waals surface area contributed by atoms with Crippen LogP contribution < -0.4 is 0 Å². The predicted molar refractivity (Wildman–Crippen MR) is 82.1 cm³/mol. The summed E-state index contributed by atoms with van der Waals surface area (Å²) in [5.74, 6) is 0.518. The highest BCUT2D eigenvalue weighted by Gasteiger charge is 2.07. The molecule has 98 valence electrons. The van der Waals surface area contributed by atoms with Crippen LogP contribution in [0, 0.1) is 0 Å². The molecular weight excluding hydrogens is 232 g/mol. The van der Waals surface area contributed by atoms with Crippen molar-refractivity contribution >= 4 is 12.4 Å². The van der Waals surface area contributed by atoms with E-state index in [-0.39, 0.29) is 0 Å². The largest absolute Gasteiger partial charge is 0.307 e. The Balaban J connectivity index is 0.000000861. The topological polar surface area (TPSA) is 17.1 Å². The Morgan fingerprint density at radius 3 is 1.95 bits per heavy atom. The molecule has 1 heteroatoms. The molecule has 0 saturated heterocycles. The Labute approximate surface area is 115 Å². The molecule has 0 radical (unpaired) electrons. The van der Waals surface area contributed by atoms with Gasteiger partial charge in [-0.1, -0.05) is 74.2 Å². The van der Waals surface area contributed by atoms with E-state index in [9.17, 15) is 0 Å². The molecule has 1 nitrogen and oxygen atoms in total. The molecule has 0 saturated carbocycles. The van der Waals surface area contributed by atoms with Gasteiger partial charge in [0.25, 0.3) is 0 Å². The van der Waals surface area contributed by atoms with Crippen LogP contribution in [0.2, 0.25) is 0 Å². The number of rotatable bonds is 4. The Bertz CT molecular complexity index is 488. The van der Waals surface area contributed by atoms with E-state index in [1.807, 2.05) is 12.9 Å². The van der Waals surface area contributed by atoms with Crippen LogP contribution >= 0.6 is 0 Å².